The predicted octanol–water partition coefficient (Wildman–Crippen LogP) is 6.78. The molecule has 0 spiro atoms. The number of hydrogen-bond donors (Lipinski definition) is 2. The molecule has 0 fully saturated rings. The van der Waals surface area contributed by atoms with Crippen molar-refractivity contribution in [1.29, 1.82) is 0 Å². The minimum absolute atomic E-state index is 0.138. The highest BCUT2D eigenvalue weighted by atomic mass is 19.4. The van der Waals surface area contributed by atoms with Crippen LogP contribution in [0.3, 0.4) is 0 Å². The Labute approximate surface area is 192 Å². The van der Waals surface area contributed by atoms with Gasteiger partial charge in [0.1, 0.15) is 5.75 Å². The summed E-state index contributed by atoms with van der Waals surface area (Å²) >= 11 is 0. The van der Waals surface area contributed by atoms with Crippen LogP contribution in [0.15, 0.2) is 93.3 Å². The fourth-order valence-electron chi connectivity index (χ4n) is 2.52. The quantitative estimate of drug-likeness (QED) is 0.155. The van der Waals surface area contributed by atoms with Crippen LogP contribution in [0.25, 0.3) is 0 Å². The normalized spacial score (nSPS) is 11.8. The number of carbonyl (C=O) groups is 1. The number of aliphatic hydroxyl groups is 1. The molecule has 0 radical (unpaired) electrons. The molecular weight excluding hydrogens is 451 g/mol. The van der Waals surface area contributed by atoms with Crippen LogP contribution in [0.1, 0.15) is 6.42 Å². The average Bonchev–Trinajstić information content (AvgIpc) is 2.83. The van der Waals surface area contributed by atoms with E-state index in [-0.39, 0.29) is 12.4 Å². The van der Waals surface area contributed by atoms with E-state index in [2.05, 4.69) is 30.5 Å². The molecule has 0 aliphatic rings. The number of aliphatic hydroxyl groups excluding tert-OH is 1. The molecule has 0 atom stereocenters. The van der Waals surface area contributed by atoms with E-state index in [1.807, 2.05) is 24.3 Å². The van der Waals surface area contributed by atoms with Crippen LogP contribution in [0.2, 0.25) is 0 Å². The Morgan fingerprint density at radius 1 is 0.765 bits per heavy atom. The van der Waals surface area contributed by atoms with Crippen molar-refractivity contribution < 1.29 is 27.8 Å². The van der Waals surface area contributed by atoms with E-state index in [9.17, 15) is 18.0 Å². The SMILES string of the molecule is O=C(Oc1ccc(N=Nc2ccc(N=Nc3ccc(NCCCO)cc3)cc2)cc1)C(F)(F)F. The van der Waals surface area contributed by atoms with Gasteiger partial charge < -0.3 is 15.2 Å². The lowest BCUT2D eigenvalue weighted by Crippen LogP contribution is -2.27. The molecule has 0 saturated carbocycles. The number of hydrogen-bond acceptors (Lipinski definition) is 8. The Morgan fingerprint density at radius 3 is 1.59 bits per heavy atom. The summed E-state index contributed by atoms with van der Waals surface area (Å²) in [6.07, 6.45) is -4.39. The average molecular weight is 471 g/mol. The number of anilines is 1. The lowest BCUT2D eigenvalue weighted by atomic mass is 10.3. The standard InChI is InChI=1S/C23H20F3N5O3/c24-23(25,26)22(33)34-21-12-10-20(11-13-21)31-30-19-8-6-18(7-9-19)29-28-17-4-2-16(3-5-17)27-14-1-15-32/h2-13,27,32H,1,14-15H2. The molecule has 0 unspecified atom stereocenters. The van der Waals surface area contributed by atoms with E-state index >= 15 is 0 Å². The second-order valence-electron chi connectivity index (χ2n) is 6.85. The second kappa shape index (κ2) is 11.7. The molecule has 3 rings (SSSR count). The summed E-state index contributed by atoms with van der Waals surface area (Å²) in [7, 11) is 0. The zero-order valence-corrected chi connectivity index (χ0v) is 17.7. The zero-order valence-electron chi connectivity index (χ0n) is 17.7. The van der Waals surface area contributed by atoms with Gasteiger partial charge in [-0.15, -0.1) is 0 Å². The van der Waals surface area contributed by atoms with Gasteiger partial charge in [0.05, 0.1) is 22.7 Å². The topological polar surface area (TPSA) is 108 Å². The molecule has 2 N–H and O–H groups in total. The molecule has 0 saturated heterocycles. The van der Waals surface area contributed by atoms with Crippen molar-refractivity contribution in [1.82, 2.24) is 0 Å². The van der Waals surface area contributed by atoms with Crippen LogP contribution in [-0.4, -0.2) is 30.4 Å². The molecule has 8 nitrogen and oxygen atoms in total. The van der Waals surface area contributed by atoms with Gasteiger partial charge in [-0.25, -0.2) is 4.79 Å². The first-order valence-electron chi connectivity index (χ1n) is 10.1. The van der Waals surface area contributed by atoms with E-state index < -0.39 is 12.1 Å². The van der Waals surface area contributed by atoms with E-state index in [1.54, 1.807) is 24.3 Å². The third-order valence-electron chi connectivity index (χ3n) is 4.22. The monoisotopic (exact) mass is 471 g/mol. The van der Waals surface area contributed by atoms with Crippen LogP contribution in [0, 0.1) is 0 Å². The fraction of sp³-hybridized carbons (Fsp3) is 0.174. The Balaban J connectivity index is 1.53. The third kappa shape index (κ3) is 7.78. The smallest absolute Gasteiger partial charge is 0.420 e. The molecule has 0 bridgehead atoms. The third-order valence-corrected chi connectivity index (χ3v) is 4.22. The number of carbonyl (C=O) groups excluding carboxylic acids is 1. The second-order valence-corrected chi connectivity index (χ2v) is 6.85. The Hall–Kier alpha value is -4.12. The molecular formula is C23H20F3N5O3. The molecule has 11 heteroatoms. The van der Waals surface area contributed by atoms with Gasteiger partial charge in [-0.1, -0.05) is 0 Å². The lowest BCUT2D eigenvalue weighted by Gasteiger charge is -2.06. The largest absolute Gasteiger partial charge is 0.491 e. The highest BCUT2D eigenvalue weighted by Gasteiger charge is 2.41. The summed E-state index contributed by atoms with van der Waals surface area (Å²) in [5.74, 6) is -2.54. The summed E-state index contributed by atoms with van der Waals surface area (Å²) in [6.45, 7) is 0.823. The highest BCUT2D eigenvalue weighted by Crippen LogP contribution is 2.26. The fourth-order valence-corrected chi connectivity index (χ4v) is 2.52. The van der Waals surface area contributed by atoms with Crippen molar-refractivity contribution in [3.8, 4) is 5.75 Å². The molecule has 0 aromatic heterocycles. The number of rotatable bonds is 9. The molecule has 0 heterocycles. The number of benzene rings is 3. The van der Waals surface area contributed by atoms with E-state index in [4.69, 9.17) is 5.11 Å². The first-order valence-corrected chi connectivity index (χ1v) is 10.1. The number of azo groups is 2. The van der Waals surface area contributed by atoms with Gasteiger partial charge in [0.2, 0.25) is 0 Å². The molecule has 3 aromatic rings. The summed E-state index contributed by atoms with van der Waals surface area (Å²) in [5, 5.41) is 28.4. The first kappa shape index (κ1) is 24.5. The Morgan fingerprint density at radius 2 is 1.18 bits per heavy atom. The number of alkyl halides is 3. The van der Waals surface area contributed by atoms with E-state index in [1.165, 1.54) is 24.3 Å². The van der Waals surface area contributed by atoms with Gasteiger partial charge >= 0.3 is 12.1 Å². The lowest BCUT2D eigenvalue weighted by molar-refractivity contribution is -0.189. The van der Waals surface area contributed by atoms with Crippen LogP contribution < -0.4 is 10.1 Å². The molecule has 176 valence electrons. The van der Waals surface area contributed by atoms with Crippen LogP contribution in [-0.2, 0) is 4.79 Å². The maximum Gasteiger partial charge on any atom is 0.491 e. The van der Waals surface area contributed by atoms with Crippen molar-refractivity contribution in [3.63, 3.8) is 0 Å². The first-order chi connectivity index (χ1) is 16.3. The summed E-state index contributed by atoms with van der Waals surface area (Å²) in [6, 6.07) is 19.3. The number of ether oxygens (including phenoxy) is 1. The number of nitrogens with zero attached hydrogens (tertiary/aromatic N) is 4. The molecule has 3 aromatic carbocycles. The highest BCUT2D eigenvalue weighted by molar-refractivity contribution is 5.78. The van der Waals surface area contributed by atoms with Gasteiger partial charge in [0.15, 0.2) is 0 Å². The minimum Gasteiger partial charge on any atom is -0.420 e. The van der Waals surface area contributed by atoms with E-state index in [0.29, 0.717) is 35.7 Å². The van der Waals surface area contributed by atoms with Crippen LogP contribution in [0.5, 0.6) is 5.75 Å². The van der Waals surface area contributed by atoms with Crippen molar-refractivity contribution in [2.24, 2.45) is 20.5 Å². The van der Waals surface area contributed by atoms with Crippen molar-refractivity contribution in [2.45, 2.75) is 12.6 Å². The summed E-state index contributed by atoms with van der Waals surface area (Å²) in [4.78, 5) is 10.8. The number of esters is 1. The van der Waals surface area contributed by atoms with Gasteiger partial charge in [-0.3, -0.25) is 0 Å². The predicted molar refractivity (Wildman–Crippen MR) is 120 cm³/mol. The van der Waals surface area contributed by atoms with Crippen LogP contribution >= 0.6 is 0 Å². The van der Waals surface area contributed by atoms with Gasteiger partial charge in [0.25, 0.3) is 0 Å². The maximum atomic E-state index is 12.2. The van der Waals surface area contributed by atoms with Gasteiger partial charge in [0, 0.05) is 18.8 Å². The molecule has 0 aliphatic heterocycles. The van der Waals surface area contributed by atoms with Gasteiger partial charge in [-0.2, -0.15) is 33.6 Å². The minimum atomic E-state index is -5.06. The molecule has 0 amide bonds. The van der Waals surface area contributed by atoms with Crippen molar-refractivity contribution >= 4 is 34.4 Å². The van der Waals surface area contributed by atoms with E-state index in [0.717, 1.165) is 5.69 Å². The summed E-state index contributed by atoms with van der Waals surface area (Å²) < 4.78 is 40.9. The number of halogens is 3. The Bertz CT molecular complexity index is 1130. The van der Waals surface area contributed by atoms with Crippen LogP contribution in [0.4, 0.5) is 41.6 Å². The number of nitrogens with one attached hydrogen (secondary N) is 1. The van der Waals surface area contributed by atoms with Gasteiger partial charge in [-0.05, 0) is 79.2 Å². The maximum absolute atomic E-state index is 12.2. The molecule has 34 heavy (non-hydrogen) atoms. The van der Waals surface area contributed by atoms with Crippen molar-refractivity contribution in [2.75, 3.05) is 18.5 Å². The van der Waals surface area contributed by atoms with Crippen molar-refractivity contribution in [3.05, 3.63) is 72.8 Å². The zero-order chi connectivity index (χ0) is 24.4. The Kier molecular flexibility index (Phi) is 8.41. The summed E-state index contributed by atoms with van der Waals surface area (Å²) in [5.41, 5.74) is 3.12. The molecule has 0 aliphatic carbocycles.